The molecule has 7 heteroatoms. The van der Waals surface area contributed by atoms with Crippen molar-refractivity contribution in [3.63, 3.8) is 0 Å². The second-order valence-corrected chi connectivity index (χ2v) is 4.50. The molecule has 1 aliphatic rings. The number of nitrogens with one attached hydrogen (secondary N) is 1. The van der Waals surface area contributed by atoms with Crippen LogP contribution >= 0.6 is 0 Å². The Hall–Kier alpha value is -2.57. The van der Waals surface area contributed by atoms with Crippen LogP contribution in [-0.4, -0.2) is 46.0 Å². The van der Waals surface area contributed by atoms with Crippen LogP contribution in [0, 0.1) is 0 Å². The van der Waals surface area contributed by atoms with Gasteiger partial charge in [-0.25, -0.2) is 4.79 Å². The van der Waals surface area contributed by atoms with E-state index in [1.165, 1.54) is 23.1 Å². The predicted molar refractivity (Wildman–Crippen MR) is 69.5 cm³/mol. The highest BCUT2D eigenvalue weighted by molar-refractivity contribution is 5.97. The molecule has 2 rings (SSSR count). The standard InChI is InChI=1S/C13H14N2O5/c16-10-4-3-8(13(19)20)6-9(10)14-11(17)7-15-5-1-2-12(15)18/h3-4,6,16H,1-2,5,7H2,(H,14,17)(H,19,20). The van der Waals surface area contributed by atoms with Crippen molar-refractivity contribution < 1.29 is 24.6 Å². The van der Waals surface area contributed by atoms with E-state index in [4.69, 9.17) is 5.11 Å². The summed E-state index contributed by atoms with van der Waals surface area (Å²) < 4.78 is 0. The number of amides is 2. The van der Waals surface area contributed by atoms with Crippen molar-refractivity contribution >= 4 is 23.5 Å². The minimum Gasteiger partial charge on any atom is -0.506 e. The Balaban J connectivity index is 2.05. The van der Waals surface area contributed by atoms with E-state index in [2.05, 4.69) is 5.32 Å². The maximum absolute atomic E-state index is 11.8. The largest absolute Gasteiger partial charge is 0.506 e. The average Bonchev–Trinajstić information content (AvgIpc) is 2.77. The smallest absolute Gasteiger partial charge is 0.335 e. The number of anilines is 1. The lowest BCUT2D eigenvalue weighted by Crippen LogP contribution is -2.34. The summed E-state index contributed by atoms with van der Waals surface area (Å²) in [5.74, 6) is -1.94. The first-order valence-corrected chi connectivity index (χ1v) is 6.11. The van der Waals surface area contributed by atoms with E-state index in [9.17, 15) is 19.5 Å². The van der Waals surface area contributed by atoms with E-state index < -0.39 is 11.9 Å². The maximum Gasteiger partial charge on any atom is 0.335 e. The Labute approximate surface area is 114 Å². The van der Waals surface area contributed by atoms with E-state index in [1.54, 1.807) is 0 Å². The third kappa shape index (κ3) is 3.05. The van der Waals surface area contributed by atoms with Gasteiger partial charge < -0.3 is 20.4 Å². The Bertz CT molecular complexity index is 570. The van der Waals surface area contributed by atoms with Gasteiger partial charge >= 0.3 is 5.97 Å². The van der Waals surface area contributed by atoms with E-state index in [0.29, 0.717) is 13.0 Å². The molecule has 1 fully saturated rings. The highest BCUT2D eigenvalue weighted by Gasteiger charge is 2.22. The molecule has 0 radical (unpaired) electrons. The number of carbonyl (C=O) groups is 3. The van der Waals surface area contributed by atoms with Crippen LogP contribution in [0.5, 0.6) is 5.75 Å². The molecular weight excluding hydrogens is 264 g/mol. The number of aromatic hydroxyl groups is 1. The lowest BCUT2D eigenvalue weighted by Gasteiger charge is -2.15. The number of phenols is 1. The molecule has 0 spiro atoms. The zero-order chi connectivity index (χ0) is 14.7. The first-order valence-electron chi connectivity index (χ1n) is 6.11. The molecule has 1 aromatic rings. The summed E-state index contributed by atoms with van der Waals surface area (Å²) >= 11 is 0. The van der Waals surface area contributed by atoms with Gasteiger partial charge in [0.25, 0.3) is 0 Å². The maximum atomic E-state index is 11.8. The molecule has 0 aromatic heterocycles. The number of carbonyl (C=O) groups excluding carboxylic acids is 2. The number of benzene rings is 1. The molecule has 20 heavy (non-hydrogen) atoms. The molecule has 1 heterocycles. The summed E-state index contributed by atoms with van der Waals surface area (Å²) in [6.07, 6.45) is 1.17. The van der Waals surface area contributed by atoms with Gasteiger partial charge in [0.15, 0.2) is 0 Å². The van der Waals surface area contributed by atoms with Gasteiger partial charge in [-0.3, -0.25) is 9.59 Å². The number of carboxylic acid groups (broad SMARTS) is 1. The number of rotatable bonds is 4. The third-order valence-electron chi connectivity index (χ3n) is 3.02. The monoisotopic (exact) mass is 278 g/mol. The normalized spacial score (nSPS) is 14.4. The van der Waals surface area contributed by atoms with Crippen LogP contribution in [0.1, 0.15) is 23.2 Å². The molecule has 0 bridgehead atoms. The van der Waals surface area contributed by atoms with Crippen molar-refractivity contribution in [3.05, 3.63) is 23.8 Å². The third-order valence-corrected chi connectivity index (χ3v) is 3.02. The molecule has 0 saturated carbocycles. The van der Waals surface area contributed by atoms with Crippen molar-refractivity contribution in [1.82, 2.24) is 4.90 Å². The quantitative estimate of drug-likeness (QED) is 0.701. The van der Waals surface area contributed by atoms with Crippen LogP contribution < -0.4 is 5.32 Å². The van der Waals surface area contributed by atoms with Crippen molar-refractivity contribution in [2.75, 3.05) is 18.4 Å². The first kappa shape index (κ1) is 13.9. The number of carboxylic acids is 1. The number of aromatic carboxylic acids is 1. The molecule has 1 aromatic carbocycles. The van der Waals surface area contributed by atoms with Crippen LogP contribution in [0.2, 0.25) is 0 Å². The summed E-state index contributed by atoms with van der Waals surface area (Å²) in [4.78, 5) is 35.4. The van der Waals surface area contributed by atoms with Gasteiger partial charge in [0.1, 0.15) is 5.75 Å². The molecule has 0 aliphatic carbocycles. The topological polar surface area (TPSA) is 107 Å². The molecule has 1 aliphatic heterocycles. The molecule has 1 saturated heterocycles. The zero-order valence-electron chi connectivity index (χ0n) is 10.6. The minimum absolute atomic E-state index is 0.0153. The van der Waals surface area contributed by atoms with E-state index in [0.717, 1.165) is 6.42 Å². The SMILES string of the molecule is O=C(CN1CCCC1=O)Nc1cc(C(=O)O)ccc1O. The van der Waals surface area contributed by atoms with Gasteiger partial charge in [0, 0.05) is 13.0 Å². The van der Waals surface area contributed by atoms with Crippen LogP contribution in [0.15, 0.2) is 18.2 Å². The minimum atomic E-state index is -1.16. The van der Waals surface area contributed by atoms with Gasteiger partial charge in [-0.15, -0.1) is 0 Å². The van der Waals surface area contributed by atoms with E-state index in [-0.39, 0.29) is 29.5 Å². The van der Waals surface area contributed by atoms with E-state index >= 15 is 0 Å². The molecule has 7 nitrogen and oxygen atoms in total. The van der Waals surface area contributed by atoms with Gasteiger partial charge in [-0.1, -0.05) is 0 Å². The highest BCUT2D eigenvalue weighted by Crippen LogP contribution is 2.24. The van der Waals surface area contributed by atoms with Crippen molar-refractivity contribution in [1.29, 1.82) is 0 Å². The van der Waals surface area contributed by atoms with Crippen LogP contribution in [0.3, 0.4) is 0 Å². The van der Waals surface area contributed by atoms with E-state index in [1.807, 2.05) is 0 Å². The molecule has 106 valence electrons. The zero-order valence-corrected chi connectivity index (χ0v) is 10.6. The average molecular weight is 278 g/mol. The fourth-order valence-electron chi connectivity index (χ4n) is 2.00. The number of nitrogens with zero attached hydrogens (tertiary/aromatic N) is 1. The summed E-state index contributed by atoms with van der Waals surface area (Å²) in [5.41, 5.74) is -0.0307. The summed E-state index contributed by atoms with van der Waals surface area (Å²) in [6.45, 7) is 0.434. The Kier molecular flexibility index (Phi) is 3.88. The fraction of sp³-hybridized carbons (Fsp3) is 0.308. The van der Waals surface area contributed by atoms with Crippen LogP contribution in [0.25, 0.3) is 0 Å². The highest BCUT2D eigenvalue weighted by atomic mass is 16.4. The van der Waals surface area contributed by atoms with Gasteiger partial charge in [-0.2, -0.15) is 0 Å². The first-order chi connectivity index (χ1) is 9.47. The van der Waals surface area contributed by atoms with Crippen molar-refractivity contribution in [3.8, 4) is 5.75 Å². The number of likely N-dealkylation sites (tertiary alicyclic amines) is 1. The number of hydrogen-bond acceptors (Lipinski definition) is 4. The van der Waals surface area contributed by atoms with Gasteiger partial charge in [0.05, 0.1) is 17.8 Å². The summed E-state index contributed by atoms with van der Waals surface area (Å²) in [6, 6.07) is 3.60. The van der Waals surface area contributed by atoms with Crippen LogP contribution in [-0.2, 0) is 9.59 Å². The Morgan fingerprint density at radius 3 is 2.70 bits per heavy atom. The van der Waals surface area contributed by atoms with Gasteiger partial charge in [0.2, 0.25) is 11.8 Å². The second-order valence-electron chi connectivity index (χ2n) is 4.50. The van der Waals surface area contributed by atoms with Crippen molar-refractivity contribution in [2.24, 2.45) is 0 Å². The predicted octanol–water partition coefficient (Wildman–Crippen LogP) is 0.651. The Morgan fingerprint density at radius 1 is 1.35 bits per heavy atom. The molecular formula is C13H14N2O5. The lowest BCUT2D eigenvalue weighted by atomic mass is 10.2. The van der Waals surface area contributed by atoms with Crippen molar-refractivity contribution in [2.45, 2.75) is 12.8 Å². The lowest BCUT2D eigenvalue weighted by molar-refractivity contribution is -0.131. The molecule has 0 atom stereocenters. The van der Waals surface area contributed by atoms with Gasteiger partial charge in [-0.05, 0) is 24.6 Å². The van der Waals surface area contributed by atoms with Crippen LogP contribution in [0.4, 0.5) is 5.69 Å². The fourth-order valence-corrected chi connectivity index (χ4v) is 2.00. The molecule has 3 N–H and O–H groups in total. The number of phenolic OH excluding ortho intramolecular Hbond substituents is 1. The summed E-state index contributed by atoms with van der Waals surface area (Å²) in [5, 5.41) is 20.8. The summed E-state index contributed by atoms with van der Waals surface area (Å²) in [7, 11) is 0. The molecule has 2 amide bonds. The Morgan fingerprint density at radius 2 is 2.10 bits per heavy atom. The molecule has 0 unspecified atom stereocenters. The second kappa shape index (κ2) is 5.60. The number of hydrogen-bond donors (Lipinski definition) is 3.